The lowest BCUT2D eigenvalue weighted by atomic mass is 10.2. The molecule has 8 nitrogen and oxygen atoms in total. The number of halogens is 1. The van der Waals surface area contributed by atoms with Crippen LogP contribution in [0.4, 0.5) is 5.69 Å². The Bertz CT molecular complexity index is 1060. The van der Waals surface area contributed by atoms with Gasteiger partial charge in [0.2, 0.25) is 10.0 Å². The molecule has 3 rings (SSSR count). The number of rotatable bonds is 3. The molecule has 2 aromatic carbocycles. The highest BCUT2D eigenvalue weighted by Crippen LogP contribution is 2.26. The van der Waals surface area contributed by atoms with Crippen molar-refractivity contribution in [1.29, 1.82) is 0 Å². The van der Waals surface area contributed by atoms with E-state index >= 15 is 0 Å². The number of H-pyrrole nitrogens is 1. The molecule has 1 heterocycles. The van der Waals surface area contributed by atoms with Gasteiger partial charge in [-0.2, -0.15) is 5.10 Å². The van der Waals surface area contributed by atoms with E-state index in [-0.39, 0.29) is 11.4 Å². The highest BCUT2D eigenvalue weighted by molar-refractivity contribution is 9.10. The van der Waals surface area contributed by atoms with Gasteiger partial charge in [-0.3, -0.25) is 9.89 Å². The number of aromatic nitrogens is 2. The number of primary sulfonamides is 1. The quantitative estimate of drug-likeness (QED) is 0.488. The van der Waals surface area contributed by atoms with E-state index in [4.69, 9.17) is 5.14 Å². The summed E-state index contributed by atoms with van der Waals surface area (Å²) in [7, 11) is -4.12. The zero-order valence-corrected chi connectivity index (χ0v) is 14.3. The van der Waals surface area contributed by atoms with Gasteiger partial charge in [0.05, 0.1) is 5.52 Å². The van der Waals surface area contributed by atoms with Crippen molar-refractivity contribution in [2.24, 2.45) is 5.14 Å². The van der Waals surface area contributed by atoms with Gasteiger partial charge < -0.3 is 10.4 Å². The van der Waals surface area contributed by atoms with E-state index in [1.165, 1.54) is 6.07 Å². The molecule has 0 fully saturated rings. The molecule has 1 amide bonds. The van der Waals surface area contributed by atoms with Crippen molar-refractivity contribution in [2.45, 2.75) is 4.90 Å². The molecule has 0 saturated carbocycles. The highest BCUT2D eigenvalue weighted by Gasteiger charge is 2.18. The summed E-state index contributed by atoms with van der Waals surface area (Å²) in [6.07, 6.45) is 0. The van der Waals surface area contributed by atoms with E-state index in [1.54, 1.807) is 18.2 Å². The summed E-state index contributed by atoms with van der Waals surface area (Å²) in [5.74, 6) is -1.03. The Kier molecular flexibility index (Phi) is 4.03. The molecule has 124 valence electrons. The van der Waals surface area contributed by atoms with Crippen molar-refractivity contribution in [1.82, 2.24) is 10.2 Å². The Morgan fingerprint density at radius 3 is 2.71 bits per heavy atom. The molecule has 0 aliphatic heterocycles. The van der Waals surface area contributed by atoms with Crippen molar-refractivity contribution < 1.29 is 18.3 Å². The third-order valence-corrected chi connectivity index (χ3v) is 4.70. The van der Waals surface area contributed by atoms with E-state index in [1.807, 2.05) is 0 Å². The molecule has 0 bridgehead atoms. The highest BCUT2D eigenvalue weighted by atomic mass is 79.9. The minimum absolute atomic E-state index is 0.150. The van der Waals surface area contributed by atoms with E-state index in [9.17, 15) is 18.3 Å². The number of hydrogen-bond donors (Lipinski definition) is 4. The normalized spacial score (nSPS) is 11.6. The van der Waals surface area contributed by atoms with Crippen molar-refractivity contribution in [3.8, 4) is 5.75 Å². The molecule has 10 heteroatoms. The van der Waals surface area contributed by atoms with E-state index in [0.717, 1.165) is 16.6 Å². The first-order chi connectivity index (χ1) is 11.3. The molecule has 0 spiro atoms. The van der Waals surface area contributed by atoms with Crippen molar-refractivity contribution in [3.63, 3.8) is 0 Å². The number of hydrogen-bond acceptors (Lipinski definition) is 5. The lowest BCUT2D eigenvalue weighted by molar-refractivity contribution is 0.102. The lowest BCUT2D eigenvalue weighted by Gasteiger charge is -2.07. The predicted octanol–water partition coefficient (Wildman–Crippen LogP) is 1.93. The van der Waals surface area contributed by atoms with Gasteiger partial charge >= 0.3 is 0 Å². The average molecular weight is 411 g/mol. The van der Waals surface area contributed by atoms with Gasteiger partial charge in [0.25, 0.3) is 5.91 Å². The molecule has 0 saturated heterocycles. The Labute approximate surface area is 144 Å². The van der Waals surface area contributed by atoms with Crippen LogP contribution in [0.5, 0.6) is 5.75 Å². The van der Waals surface area contributed by atoms with Crippen LogP contribution in [0, 0.1) is 0 Å². The zero-order valence-electron chi connectivity index (χ0n) is 11.9. The summed E-state index contributed by atoms with van der Waals surface area (Å²) in [5.41, 5.74) is 0.990. The second kappa shape index (κ2) is 5.89. The standard InChI is InChI=1S/C14H11BrN4O4S/c15-7-1-3-10-9(5-7)13(19-18-10)14(21)17-8-2-4-11(20)12(6-8)24(16,22)23/h1-6,20H,(H,17,21)(H,18,19)(H2,16,22,23). The first-order valence-corrected chi connectivity index (χ1v) is 8.90. The van der Waals surface area contributed by atoms with Crippen LogP contribution in [0.2, 0.25) is 0 Å². The van der Waals surface area contributed by atoms with Crippen LogP contribution in [0.25, 0.3) is 10.9 Å². The first-order valence-electron chi connectivity index (χ1n) is 6.56. The molecule has 0 aliphatic carbocycles. The van der Waals surface area contributed by atoms with Crippen LogP contribution >= 0.6 is 15.9 Å². The van der Waals surface area contributed by atoms with Crippen LogP contribution in [0.15, 0.2) is 45.8 Å². The third kappa shape index (κ3) is 3.11. The van der Waals surface area contributed by atoms with E-state index in [2.05, 4.69) is 31.4 Å². The topological polar surface area (TPSA) is 138 Å². The maximum absolute atomic E-state index is 12.4. The Morgan fingerprint density at radius 2 is 2.00 bits per heavy atom. The Hall–Kier alpha value is -2.43. The van der Waals surface area contributed by atoms with Gasteiger partial charge in [0.1, 0.15) is 10.6 Å². The monoisotopic (exact) mass is 410 g/mol. The molecule has 1 aromatic heterocycles. The van der Waals surface area contributed by atoms with Crippen LogP contribution in [0.1, 0.15) is 10.5 Å². The third-order valence-electron chi connectivity index (χ3n) is 3.26. The van der Waals surface area contributed by atoms with Gasteiger partial charge in [-0.1, -0.05) is 15.9 Å². The SMILES string of the molecule is NS(=O)(=O)c1cc(NC(=O)c2n[nH]c3ccc(Br)cc23)ccc1O. The number of fused-ring (bicyclic) bond motifs is 1. The summed E-state index contributed by atoms with van der Waals surface area (Å²) in [6.45, 7) is 0. The number of sulfonamides is 1. The minimum Gasteiger partial charge on any atom is -0.507 e. The van der Waals surface area contributed by atoms with Crippen molar-refractivity contribution in [2.75, 3.05) is 5.32 Å². The molecule has 24 heavy (non-hydrogen) atoms. The van der Waals surface area contributed by atoms with E-state index < -0.39 is 26.6 Å². The molecular weight excluding hydrogens is 400 g/mol. The average Bonchev–Trinajstić information content (AvgIpc) is 2.91. The number of nitrogens with zero attached hydrogens (tertiary/aromatic N) is 1. The van der Waals surface area contributed by atoms with Crippen molar-refractivity contribution in [3.05, 3.63) is 46.6 Å². The van der Waals surface area contributed by atoms with Crippen molar-refractivity contribution >= 4 is 48.5 Å². The summed E-state index contributed by atoms with van der Waals surface area (Å²) in [5, 5.41) is 24.4. The van der Waals surface area contributed by atoms with Gasteiger partial charge in [-0.15, -0.1) is 0 Å². The predicted molar refractivity (Wildman–Crippen MR) is 91.2 cm³/mol. The van der Waals surface area contributed by atoms with Crippen LogP contribution in [-0.2, 0) is 10.0 Å². The smallest absolute Gasteiger partial charge is 0.276 e. The number of aromatic amines is 1. The zero-order chi connectivity index (χ0) is 17.5. The van der Waals surface area contributed by atoms with Crippen LogP contribution in [0.3, 0.4) is 0 Å². The molecular formula is C14H11BrN4O4S. The van der Waals surface area contributed by atoms with Crippen LogP contribution < -0.4 is 10.5 Å². The molecule has 5 N–H and O–H groups in total. The summed E-state index contributed by atoms with van der Waals surface area (Å²) < 4.78 is 23.6. The molecule has 0 atom stereocenters. The number of amides is 1. The van der Waals surface area contributed by atoms with Gasteiger partial charge in [0, 0.05) is 15.5 Å². The Morgan fingerprint density at radius 1 is 1.25 bits per heavy atom. The number of phenols is 1. The minimum atomic E-state index is -4.12. The number of carbonyl (C=O) groups excluding carboxylic acids is 1. The molecule has 0 unspecified atom stereocenters. The number of aromatic hydroxyl groups is 1. The fraction of sp³-hybridized carbons (Fsp3) is 0. The molecule has 3 aromatic rings. The number of carbonyl (C=O) groups is 1. The van der Waals surface area contributed by atoms with E-state index in [0.29, 0.717) is 10.9 Å². The second-order valence-electron chi connectivity index (χ2n) is 4.94. The largest absolute Gasteiger partial charge is 0.507 e. The summed E-state index contributed by atoms with van der Waals surface area (Å²) in [4.78, 5) is 11.9. The molecule has 0 radical (unpaired) electrons. The second-order valence-corrected chi connectivity index (χ2v) is 7.39. The Balaban J connectivity index is 1.96. The fourth-order valence-electron chi connectivity index (χ4n) is 2.17. The number of phenolic OH excluding ortho intramolecular Hbond substituents is 1. The fourth-order valence-corrected chi connectivity index (χ4v) is 3.18. The molecule has 0 aliphatic rings. The van der Waals surface area contributed by atoms with Crippen LogP contribution in [-0.4, -0.2) is 29.6 Å². The summed E-state index contributed by atoms with van der Waals surface area (Å²) >= 11 is 3.32. The van der Waals surface area contributed by atoms with Gasteiger partial charge in [-0.05, 0) is 36.4 Å². The maximum Gasteiger partial charge on any atom is 0.276 e. The number of nitrogens with two attached hydrogens (primary N) is 1. The first kappa shape index (κ1) is 16.4. The summed E-state index contributed by atoms with van der Waals surface area (Å²) in [6, 6.07) is 8.87. The number of anilines is 1. The lowest BCUT2D eigenvalue weighted by Crippen LogP contribution is -2.15. The number of nitrogens with one attached hydrogen (secondary N) is 2. The van der Waals surface area contributed by atoms with Gasteiger partial charge in [-0.25, -0.2) is 13.6 Å². The number of benzene rings is 2. The van der Waals surface area contributed by atoms with Gasteiger partial charge in [0.15, 0.2) is 5.69 Å². The maximum atomic E-state index is 12.4.